The van der Waals surface area contributed by atoms with Gasteiger partial charge in [0.15, 0.2) is 0 Å². The van der Waals surface area contributed by atoms with Crippen LogP contribution in [-0.2, 0) is 0 Å². The SMILES string of the molecule is CC(O)CCN(C)c1nccc(C#N)c1[N+](=O)[O-]. The second-order valence-electron chi connectivity index (χ2n) is 3.96. The van der Waals surface area contributed by atoms with Gasteiger partial charge in [-0.1, -0.05) is 0 Å². The minimum absolute atomic E-state index is 0.0195. The van der Waals surface area contributed by atoms with Gasteiger partial charge in [-0.15, -0.1) is 0 Å². The molecule has 0 aliphatic heterocycles. The highest BCUT2D eigenvalue weighted by Crippen LogP contribution is 2.28. The predicted molar refractivity (Wildman–Crippen MR) is 65.2 cm³/mol. The zero-order valence-electron chi connectivity index (χ0n) is 10.2. The fraction of sp³-hybridized carbons (Fsp3) is 0.455. The summed E-state index contributed by atoms with van der Waals surface area (Å²) in [5, 5.41) is 29.0. The van der Waals surface area contributed by atoms with Crippen molar-refractivity contribution >= 4 is 11.5 Å². The van der Waals surface area contributed by atoms with Crippen LogP contribution in [-0.4, -0.2) is 34.7 Å². The molecule has 18 heavy (non-hydrogen) atoms. The van der Waals surface area contributed by atoms with Crippen LogP contribution in [0.25, 0.3) is 0 Å². The lowest BCUT2D eigenvalue weighted by atomic mass is 10.2. The molecule has 0 aliphatic carbocycles. The van der Waals surface area contributed by atoms with Crippen LogP contribution in [0.3, 0.4) is 0 Å². The molecular weight excluding hydrogens is 236 g/mol. The number of rotatable bonds is 5. The molecule has 1 aromatic heterocycles. The number of anilines is 1. The fourth-order valence-electron chi connectivity index (χ4n) is 1.48. The fourth-order valence-corrected chi connectivity index (χ4v) is 1.48. The Labute approximate surface area is 104 Å². The molecule has 7 nitrogen and oxygen atoms in total. The summed E-state index contributed by atoms with van der Waals surface area (Å²) < 4.78 is 0. The Morgan fingerprint density at radius 1 is 1.72 bits per heavy atom. The van der Waals surface area contributed by atoms with Crippen molar-refractivity contribution in [3.63, 3.8) is 0 Å². The molecular formula is C11H14N4O3. The maximum absolute atomic E-state index is 11.0. The molecule has 0 bridgehead atoms. The molecule has 0 amide bonds. The van der Waals surface area contributed by atoms with Crippen molar-refractivity contribution in [2.24, 2.45) is 0 Å². The molecule has 0 saturated carbocycles. The highest BCUT2D eigenvalue weighted by atomic mass is 16.6. The standard InChI is InChI=1S/C11H14N4O3/c1-8(16)4-6-14(2)11-10(15(17)18)9(7-12)3-5-13-11/h3,5,8,16H,4,6H2,1-2H3. The maximum atomic E-state index is 11.0. The molecule has 96 valence electrons. The summed E-state index contributed by atoms with van der Waals surface area (Å²) in [6, 6.07) is 3.09. The maximum Gasteiger partial charge on any atom is 0.329 e. The van der Waals surface area contributed by atoms with Gasteiger partial charge in [0.05, 0.1) is 11.0 Å². The van der Waals surface area contributed by atoms with Crippen molar-refractivity contribution in [1.29, 1.82) is 5.26 Å². The molecule has 1 aromatic rings. The van der Waals surface area contributed by atoms with E-state index in [4.69, 9.17) is 5.26 Å². The summed E-state index contributed by atoms with van der Waals surface area (Å²) in [6.45, 7) is 2.06. The van der Waals surface area contributed by atoms with E-state index >= 15 is 0 Å². The number of nitrogens with zero attached hydrogens (tertiary/aromatic N) is 4. The molecule has 1 heterocycles. The first-order valence-corrected chi connectivity index (χ1v) is 5.40. The summed E-state index contributed by atoms with van der Waals surface area (Å²) in [7, 11) is 1.64. The molecule has 0 aromatic carbocycles. The van der Waals surface area contributed by atoms with Crippen molar-refractivity contribution < 1.29 is 10.0 Å². The first-order valence-electron chi connectivity index (χ1n) is 5.40. The third kappa shape index (κ3) is 3.15. The van der Waals surface area contributed by atoms with Crippen molar-refractivity contribution in [2.75, 3.05) is 18.5 Å². The average Bonchev–Trinajstić information content (AvgIpc) is 2.34. The van der Waals surface area contributed by atoms with Crippen molar-refractivity contribution in [3.05, 3.63) is 27.9 Å². The highest BCUT2D eigenvalue weighted by Gasteiger charge is 2.23. The van der Waals surface area contributed by atoms with E-state index in [1.165, 1.54) is 12.3 Å². The summed E-state index contributed by atoms with van der Waals surface area (Å²) >= 11 is 0. The van der Waals surface area contributed by atoms with Crippen molar-refractivity contribution in [2.45, 2.75) is 19.4 Å². The number of aromatic nitrogens is 1. The Balaban J connectivity index is 3.08. The zero-order chi connectivity index (χ0) is 13.7. The summed E-state index contributed by atoms with van der Waals surface area (Å²) in [5.41, 5.74) is -0.318. The van der Waals surface area contributed by atoms with Gasteiger partial charge in [-0.05, 0) is 19.4 Å². The van der Waals surface area contributed by atoms with Crippen LogP contribution in [0.2, 0.25) is 0 Å². The van der Waals surface area contributed by atoms with Crippen LogP contribution < -0.4 is 4.90 Å². The minimum atomic E-state index is -0.611. The van der Waals surface area contributed by atoms with Crippen LogP contribution in [0.15, 0.2) is 12.3 Å². The number of hydrogen-bond donors (Lipinski definition) is 1. The molecule has 0 fully saturated rings. The molecule has 1 rings (SSSR count). The van der Waals surface area contributed by atoms with E-state index in [2.05, 4.69) is 4.98 Å². The van der Waals surface area contributed by atoms with E-state index in [0.717, 1.165) is 0 Å². The third-order valence-corrected chi connectivity index (χ3v) is 2.45. The van der Waals surface area contributed by atoms with E-state index < -0.39 is 11.0 Å². The quantitative estimate of drug-likeness (QED) is 0.619. The Morgan fingerprint density at radius 3 is 2.89 bits per heavy atom. The zero-order valence-corrected chi connectivity index (χ0v) is 10.2. The Kier molecular flexibility index (Phi) is 4.57. The van der Waals surface area contributed by atoms with Crippen LogP contribution in [0.4, 0.5) is 11.5 Å². The van der Waals surface area contributed by atoms with Gasteiger partial charge in [-0.25, -0.2) is 4.98 Å². The second-order valence-corrected chi connectivity index (χ2v) is 3.96. The van der Waals surface area contributed by atoms with Gasteiger partial charge < -0.3 is 10.0 Å². The average molecular weight is 250 g/mol. The Morgan fingerprint density at radius 2 is 2.39 bits per heavy atom. The molecule has 1 atom stereocenters. The van der Waals surface area contributed by atoms with Gasteiger partial charge in [-0.2, -0.15) is 5.26 Å². The smallest absolute Gasteiger partial charge is 0.329 e. The molecule has 0 saturated heterocycles. The Hall–Kier alpha value is -2.20. The predicted octanol–water partition coefficient (Wildman–Crippen LogP) is 1.07. The van der Waals surface area contributed by atoms with Gasteiger partial charge in [0.1, 0.15) is 11.6 Å². The van der Waals surface area contributed by atoms with Gasteiger partial charge in [0.2, 0.25) is 5.82 Å². The lowest BCUT2D eigenvalue weighted by molar-refractivity contribution is -0.384. The van der Waals surface area contributed by atoms with Crippen LogP contribution in [0.1, 0.15) is 18.9 Å². The monoisotopic (exact) mass is 250 g/mol. The van der Waals surface area contributed by atoms with E-state index in [0.29, 0.717) is 13.0 Å². The number of hydrogen-bond acceptors (Lipinski definition) is 6. The van der Waals surface area contributed by atoms with Crippen molar-refractivity contribution in [1.82, 2.24) is 4.98 Å². The van der Waals surface area contributed by atoms with Crippen LogP contribution in [0.5, 0.6) is 0 Å². The number of nitro groups is 1. The number of nitriles is 1. The van der Waals surface area contributed by atoms with E-state index in [1.807, 2.05) is 0 Å². The molecule has 0 radical (unpaired) electrons. The number of aliphatic hydroxyl groups excluding tert-OH is 1. The lowest BCUT2D eigenvalue weighted by Crippen LogP contribution is -2.23. The molecule has 1 unspecified atom stereocenters. The molecule has 7 heteroatoms. The largest absolute Gasteiger partial charge is 0.393 e. The van der Waals surface area contributed by atoms with Gasteiger partial charge in [-0.3, -0.25) is 10.1 Å². The Bertz CT molecular complexity index is 482. The normalized spacial score (nSPS) is 11.7. The molecule has 0 spiro atoms. The summed E-state index contributed by atoms with van der Waals surface area (Å²) in [6.07, 6.45) is 1.33. The topological polar surface area (TPSA) is 103 Å². The highest BCUT2D eigenvalue weighted by molar-refractivity contribution is 5.65. The first kappa shape index (κ1) is 13.9. The summed E-state index contributed by atoms with van der Waals surface area (Å²) in [5.74, 6) is 0.139. The summed E-state index contributed by atoms with van der Waals surface area (Å²) in [4.78, 5) is 15.9. The van der Waals surface area contributed by atoms with Crippen LogP contribution >= 0.6 is 0 Å². The second kappa shape index (κ2) is 5.93. The van der Waals surface area contributed by atoms with Crippen LogP contribution in [0, 0.1) is 21.4 Å². The molecule has 0 aliphatic rings. The van der Waals surface area contributed by atoms with Gasteiger partial charge in [0.25, 0.3) is 0 Å². The number of aliphatic hydroxyl groups is 1. The van der Waals surface area contributed by atoms with Gasteiger partial charge >= 0.3 is 5.69 Å². The van der Waals surface area contributed by atoms with E-state index in [-0.39, 0.29) is 17.1 Å². The lowest BCUT2D eigenvalue weighted by Gasteiger charge is -2.18. The first-order chi connectivity index (χ1) is 8.47. The number of pyridine rings is 1. The minimum Gasteiger partial charge on any atom is -0.393 e. The van der Waals surface area contributed by atoms with E-state index in [9.17, 15) is 15.2 Å². The van der Waals surface area contributed by atoms with Crippen molar-refractivity contribution in [3.8, 4) is 6.07 Å². The van der Waals surface area contributed by atoms with Gasteiger partial charge in [0, 0.05) is 19.8 Å². The third-order valence-electron chi connectivity index (χ3n) is 2.45. The molecule has 1 N–H and O–H groups in total. The van der Waals surface area contributed by atoms with E-state index in [1.54, 1.807) is 24.9 Å².